The van der Waals surface area contributed by atoms with Gasteiger partial charge in [-0.25, -0.2) is 4.79 Å². The summed E-state index contributed by atoms with van der Waals surface area (Å²) in [6.45, 7) is 6.65. The van der Waals surface area contributed by atoms with Crippen molar-refractivity contribution in [2.75, 3.05) is 45.1 Å². The molecule has 1 aromatic carbocycles. The van der Waals surface area contributed by atoms with Crippen LogP contribution >= 0.6 is 23.4 Å². The van der Waals surface area contributed by atoms with Crippen LogP contribution in [0, 0.1) is 0 Å². The Labute approximate surface area is 135 Å². The number of piperazine rings is 1. The Balaban J connectivity index is 1.65. The Morgan fingerprint density at radius 1 is 1.24 bits per heavy atom. The molecule has 1 aliphatic heterocycles. The molecule has 116 valence electrons. The van der Waals surface area contributed by atoms with Crippen molar-refractivity contribution < 1.29 is 9.53 Å². The minimum atomic E-state index is -0.187. The Hall–Kier alpha value is -0.910. The van der Waals surface area contributed by atoms with Gasteiger partial charge < -0.3 is 9.64 Å². The predicted molar refractivity (Wildman–Crippen MR) is 87.2 cm³/mol. The van der Waals surface area contributed by atoms with Crippen molar-refractivity contribution in [2.24, 2.45) is 0 Å². The highest BCUT2D eigenvalue weighted by atomic mass is 35.5. The molecule has 1 fully saturated rings. The molecule has 0 unspecified atom stereocenters. The number of thioether (sulfide) groups is 1. The minimum Gasteiger partial charge on any atom is -0.450 e. The lowest BCUT2D eigenvalue weighted by Crippen LogP contribution is -2.49. The van der Waals surface area contributed by atoms with Gasteiger partial charge in [0, 0.05) is 48.4 Å². The molecule has 1 amide bonds. The zero-order valence-electron chi connectivity index (χ0n) is 12.3. The second kappa shape index (κ2) is 8.51. The highest BCUT2D eigenvalue weighted by Crippen LogP contribution is 2.20. The lowest BCUT2D eigenvalue weighted by atomic mass is 10.3. The van der Waals surface area contributed by atoms with E-state index in [9.17, 15) is 4.79 Å². The molecular formula is C15H21ClN2O2S. The molecule has 0 aliphatic carbocycles. The van der Waals surface area contributed by atoms with E-state index in [0.29, 0.717) is 6.61 Å². The number of nitrogens with zero attached hydrogens (tertiary/aromatic N) is 2. The molecule has 0 bridgehead atoms. The SMILES string of the molecule is CCOC(=O)N1CCN(CCSc2ccc(Cl)cc2)CC1. The number of hydrogen-bond donors (Lipinski definition) is 0. The summed E-state index contributed by atoms with van der Waals surface area (Å²) in [7, 11) is 0. The van der Waals surface area contributed by atoms with Gasteiger partial charge in [-0.3, -0.25) is 4.90 Å². The standard InChI is InChI=1S/C15H21ClN2O2S/c1-2-20-15(19)18-9-7-17(8-10-18)11-12-21-14-5-3-13(16)4-6-14/h3-6H,2,7-12H2,1H3. The number of carbonyl (C=O) groups is 1. The first-order chi connectivity index (χ1) is 10.2. The van der Waals surface area contributed by atoms with Crippen molar-refractivity contribution >= 4 is 29.5 Å². The van der Waals surface area contributed by atoms with Crippen LogP contribution in [-0.2, 0) is 4.74 Å². The zero-order chi connectivity index (χ0) is 15.1. The van der Waals surface area contributed by atoms with Crippen LogP contribution < -0.4 is 0 Å². The lowest BCUT2D eigenvalue weighted by molar-refractivity contribution is 0.0813. The van der Waals surface area contributed by atoms with E-state index in [1.807, 2.05) is 43.0 Å². The molecule has 21 heavy (non-hydrogen) atoms. The maximum Gasteiger partial charge on any atom is 0.409 e. The average Bonchev–Trinajstić information content (AvgIpc) is 2.50. The quantitative estimate of drug-likeness (QED) is 0.777. The molecule has 4 nitrogen and oxygen atoms in total. The smallest absolute Gasteiger partial charge is 0.409 e. The fraction of sp³-hybridized carbons (Fsp3) is 0.533. The number of benzene rings is 1. The summed E-state index contributed by atoms with van der Waals surface area (Å²) in [4.78, 5) is 17.0. The van der Waals surface area contributed by atoms with Gasteiger partial charge in [-0.15, -0.1) is 11.8 Å². The van der Waals surface area contributed by atoms with Gasteiger partial charge in [0.1, 0.15) is 0 Å². The fourth-order valence-corrected chi connectivity index (χ4v) is 3.23. The van der Waals surface area contributed by atoms with E-state index in [2.05, 4.69) is 4.90 Å². The summed E-state index contributed by atoms with van der Waals surface area (Å²) < 4.78 is 5.02. The summed E-state index contributed by atoms with van der Waals surface area (Å²) in [5.41, 5.74) is 0. The molecule has 0 radical (unpaired) electrons. The fourth-order valence-electron chi connectivity index (χ4n) is 2.19. The summed E-state index contributed by atoms with van der Waals surface area (Å²) >= 11 is 7.70. The average molecular weight is 329 g/mol. The van der Waals surface area contributed by atoms with Crippen molar-refractivity contribution in [1.29, 1.82) is 0 Å². The van der Waals surface area contributed by atoms with Crippen LogP contribution in [0.4, 0.5) is 4.79 Å². The number of ether oxygens (including phenoxy) is 1. The first-order valence-corrected chi connectivity index (χ1v) is 8.58. The van der Waals surface area contributed by atoms with Crippen molar-refractivity contribution in [3.05, 3.63) is 29.3 Å². The third-order valence-electron chi connectivity index (χ3n) is 3.39. The van der Waals surface area contributed by atoms with Gasteiger partial charge >= 0.3 is 6.09 Å². The summed E-state index contributed by atoms with van der Waals surface area (Å²) in [6.07, 6.45) is -0.187. The molecule has 0 spiro atoms. The molecule has 6 heteroatoms. The van der Waals surface area contributed by atoms with Crippen LogP contribution in [0.25, 0.3) is 0 Å². The van der Waals surface area contributed by atoms with E-state index in [1.54, 1.807) is 4.90 Å². The maximum absolute atomic E-state index is 11.6. The third-order valence-corrected chi connectivity index (χ3v) is 4.63. The van der Waals surface area contributed by atoms with E-state index in [0.717, 1.165) is 43.5 Å². The highest BCUT2D eigenvalue weighted by molar-refractivity contribution is 7.99. The Morgan fingerprint density at radius 3 is 2.52 bits per heavy atom. The van der Waals surface area contributed by atoms with Gasteiger partial charge in [-0.1, -0.05) is 11.6 Å². The van der Waals surface area contributed by atoms with E-state index >= 15 is 0 Å². The molecule has 0 atom stereocenters. The molecule has 0 aromatic heterocycles. The monoisotopic (exact) mass is 328 g/mol. The van der Waals surface area contributed by atoms with E-state index < -0.39 is 0 Å². The van der Waals surface area contributed by atoms with Gasteiger partial charge in [-0.2, -0.15) is 0 Å². The van der Waals surface area contributed by atoms with Gasteiger partial charge in [0.2, 0.25) is 0 Å². The first kappa shape index (κ1) is 16.5. The second-order valence-electron chi connectivity index (χ2n) is 4.83. The molecule has 1 aliphatic rings. The summed E-state index contributed by atoms with van der Waals surface area (Å²) in [5, 5.41) is 0.773. The minimum absolute atomic E-state index is 0.187. The molecule has 2 rings (SSSR count). The predicted octanol–water partition coefficient (Wildman–Crippen LogP) is 3.21. The van der Waals surface area contributed by atoms with Crippen molar-refractivity contribution in [3.8, 4) is 0 Å². The van der Waals surface area contributed by atoms with Crippen LogP contribution in [-0.4, -0.2) is 61.0 Å². The van der Waals surface area contributed by atoms with Crippen LogP contribution in [0.5, 0.6) is 0 Å². The largest absolute Gasteiger partial charge is 0.450 e. The van der Waals surface area contributed by atoms with Gasteiger partial charge in [0.25, 0.3) is 0 Å². The Morgan fingerprint density at radius 2 is 1.90 bits per heavy atom. The normalized spacial score (nSPS) is 16.0. The van der Waals surface area contributed by atoms with Gasteiger partial charge in [0.05, 0.1) is 6.61 Å². The van der Waals surface area contributed by atoms with Crippen molar-refractivity contribution in [3.63, 3.8) is 0 Å². The molecular weight excluding hydrogens is 308 g/mol. The second-order valence-corrected chi connectivity index (χ2v) is 6.43. The number of halogens is 1. The maximum atomic E-state index is 11.6. The number of amides is 1. The van der Waals surface area contributed by atoms with Crippen LogP contribution in [0.15, 0.2) is 29.2 Å². The summed E-state index contributed by atoms with van der Waals surface area (Å²) in [5.74, 6) is 1.04. The van der Waals surface area contributed by atoms with Crippen LogP contribution in [0.1, 0.15) is 6.92 Å². The Bertz CT molecular complexity index is 447. The highest BCUT2D eigenvalue weighted by Gasteiger charge is 2.21. The Kier molecular flexibility index (Phi) is 6.67. The number of carbonyl (C=O) groups excluding carboxylic acids is 1. The number of hydrogen-bond acceptors (Lipinski definition) is 4. The molecule has 1 heterocycles. The van der Waals surface area contributed by atoms with Crippen LogP contribution in [0.3, 0.4) is 0 Å². The molecule has 1 aromatic rings. The topological polar surface area (TPSA) is 32.8 Å². The zero-order valence-corrected chi connectivity index (χ0v) is 13.8. The molecule has 0 N–H and O–H groups in total. The first-order valence-electron chi connectivity index (χ1n) is 7.21. The van der Waals surface area contributed by atoms with E-state index in [1.165, 1.54) is 4.90 Å². The lowest BCUT2D eigenvalue weighted by Gasteiger charge is -2.33. The van der Waals surface area contributed by atoms with E-state index in [-0.39, 0.29) is 6.09 Å². The number of rotatable bonds is 5. The van der Waals surface area contributed by atoms with Crippen molar-refractivity contribution in [1.82, 2.24) is 9.80 Å². The third kappa shape index (κ3) is 5.41. The van der Waals surface area contributed by atoms with Crippen LogP contribution in [0.2, 0.25) is 5.02 Å². The van der Waals surface area contributed by atoms with Gasteiger partial charge in [-0.05, 0) is 31.2 Å². The van der Waals surface area contributed by atoms with Gasteiger partial charge in [0.15, 0.2) is 0 Å². The van der Waals surface area contributed by atoms with E-state index in [4.69, 9.17) is 16.3 Å². The molecule has 1 saturated heterocycles. The molecule has 0 saturated carbocycles. The van der Waals surface area contributed by atoms with Crippen molar-refractivity contribution in [2.45, 2.75) is 11.8 Å². The summed E-state index contributed by atoms with van der Waals surface area (Å²) in [6, 6.07) is 7.93.